The maximum absolute atomic E-state index is 11.7. The number of carbonyl (C=O) groups excluding carboxylic acids is 2. The first-order valence-corrected chi connectivity index (χ1v) is 6.97. The van der Waals surface area contributed by atoms with Crippen molar-refractivity contribution in [1.29, 1.82) is 0 Å². The maximum atomic E-state index is 11.7. The monoisotopic (exact) mass is 358 g/mol. The second-order valence-electron chi connectivity index (χ2n) is 3.90. The number of halogens is 1. The van der Waals surface area contributed by atoms with Gasteiger partial charge in [-0.15, -0.1) is 0 Å². The lowest BCUT2D eigenvalue weighted by Crippen LogP contribution is -2.31. The molecule has 1 rings (SSSR count). The van der Waals surface area contributed by atoms with E-state index in [4.69, 9.17) is 9.84 Å². The Labute approximate surface area is 129 Å². The molecule has 21 heavy (non-hydrogen) atoms. The number of rotatable bonds is 6. The summed E-state index contributed by atoms with van der Waals surface area (Å²) in [4.78, 5) is 33.9. The van der Waals surface area contributed by atoms with E-state index in [1.807, 2.05) is 0 Å². The Kier molecular flexibility index (Phi) is 6.67. The molecule has 0 bridgehead atoms. The number of urea groups is 1. The van der Waals surface area contributed by atoms with Crippen LogP contribution in [0.3, 0.4) is 0 Å². The molecule has 0 aliphatic rings. The fraction of sp³-hybridized carbons (Fsp3) is 0.308. The summed E-state index contributed by atoms with van der Waals surface area (Å²) >= 11 is 3.18. The molecular weight excluding hydrogens is 344 g/mol. The molecule has 7 nitrogen and oxygen atoms in total. The molecule has 0 atom stereocenters. The van der Waals surface area contributed by atoms with Crippen molar-refractivity contribution in [1.82, 2.24) is 5.32 Å². The van der Waals surface area contributed by atoms with E-state index in [1.165, 1.54) is 6.07 Å². The Morgan fingerprint density at radius 2 is 2.05 bits per heavy atom. The highest BCUT2D eigenvalue weighted by Crippen LogP contribution is 2.26. The second-order valence-corrected chi connectivity index (χ2v) is 4.76. The third-order valence-electron chi connectivity index (χ3n) is 2.40. The Hall–Kier alpha value is -2.09. The van der Waals surface area contributed by atoms with E-state index in [0.29, 0.717) is 4.47 Å². The van der Waals surface area contributed by atoms with Crippen LogP contribution in [-0.2, 0) is 9.53 Å². The molecule has 0 heterocycles. The number of para-hydroxylation sites is 1. The van der Waals surface area contributed by atoms with Gasteiger partial charge in [-0.05, 0) is 35.0 Å². The zero-order valence-electron chi connectivity index (χ0n) is 11.3. The van der Waals surface area contributed by atoms with Crippen LogP contribution in [0.5, 0.6) is 0 Å². The molecule has 114 valence electrons. The van der Waals surface area contributed by atoms with Gasteiger partial charge >= 0.3 is 18.0 Å². The van der Waals surface area contributed by atoms with Gasteiger partial charge in [-0.1, -0.05) is 6.07 Å². The second kappa shape index (κ2) is 8.25. The van der Waals surface area contributed by atoms with E-state index >= 15 is 0 Å². The Bertz CT molecular complexity index is 547. The minimum Gasteiger partial charge on any atom is -0.478 e. The highest BCUT2D eigenvalue weighted by Gasteiger charge is 2.15. The van der Waals surface area contributed by atoms with Crippen molar-refractivity contribution >= 4 is 39.6 Å². The molecule has 8 heteroatoms. The summed E-state index contributed by atoms with van der Waals surface area (Å²) in [6, 6.07) is 3.94. The third-order valence-corrected chi connectivity index (χ3v) is 3.06. The number of nitrogens with one attached hydrogen (secondary N) is 2. The van der Waals surface area contributed by atoms with Crippen molar-refractivity contribution in [2.24, 2.45) is 0 Å². The van der Waals surface area contributed by atoms with Crippen LogP contribution >= 0.6 is 15.9 Å². The van der Waals surface area contributed by atoms with Crippen LogP contribution in [0.4, 0.5) is 10.5 Å². The number of carboxylic acids is 1. The summed E-state index contributed by atoms with van der Waals surface area (Å²) in [6.45, 7) is 2.07. The van der Waals surface area contributed by atoms with Crippen molar-refractivity contribution in [3.63, 3.8) is 0 Å². The van der Waals surface area contributed by atoms with E-state index in [-0.39, 0.29) is 30.8 Å². The number of aromatic carboxylic acids is 1. The van der Waals surface area contributed by atoms with Gasteiger partial charge in [0.1, 0.15) is 0 Å². The number of hydrogen-bond donors (Lipinski definition) is 3. The number of anilines is 1. The van der Waals surface area contributed by atoms with Crippen molar-refractivity contribution in [2.45, 2.75) is 13.3 Å². The minimum absolute atomic E-state index is 0.0371. The fourth-order valence-electron chi connectivity index (χ4n) is 1.50. The van der Waals surface area contributed by atoms with Crippen molar-refractivity contribution in [3.8, 4) is 0 Å². The van der Waals surface area contributed by atoms with Gasteiger partial charge in [-0.3, -0.25) is 4.79 Å². The quantitative estimate of drug-likeness (QED) is 0.676. The fourth-order valence-corrected chi connectivity index (χ4v) is 1.96. The topological polar surface area (TPSA) is 105 Å². The van der Waals surface area contributed by atoms with Crippen molar-refractivity contribution in [2.75, 3.05) is 18.5 Å². The van der Waals surface area contributed by atoms with Crippen molar-refractivity contribution in [3.05, 3.63) is 28.2 Å². The normalized spacial score (nSPS) is 9.81. The van der Waals surface area contributed by atoms with Gasteiger partial charge in [0.25, 0.3) is 0 Å². The highest BCUT2D eigenvalue weighted by atomic mass is 79.9. The molecule has 3 N–H and O–H groups in total. The van der Waals surface area contributed by atoms with E-state index in [1.54, 1.807) is 19.1 Å². The van der Waals surface area contributed by atoms with E-state index < -0.39 is 18.0 Å². The molecule has 0 aliphatic carbocycles. The molecule has 0 unspecified atom stereocenters. The summed E-state index contributed by atoms with van der Waals surface area (Å²) in [7, 11) is 0. The summed E-state index contributed by atoms with van der Waals surface area (Å²) in [5.41, 5.74) is 0.114. The molecule has 0 aromatic heterocycles. The van der Waals surface area contributed by atoms with Gasteiger partial charge < -0.3 is 20.5 Å². The molecule has 1 aromatic rings. The van der Waals surface area contributed by atoms with Gasteiger partial charge in [0.05, 0.1) is 24.3 Å². The number of ether oxygens (including phenoxy) is 1. The van der Waals surface area contributed by atoms with Crippen LogP contribution in [-0.4, -0.2) is 36.2 Å². The highest BCUT2D eigenvalue weighted by molar-refractivity contribution is 9.10. The lowest BCUT2D eigenvalue weighted by molar-refractivity contribution is -0.142. The lowest BCUT2D eigenvalue weighted by Gasteiger charge is -2.11. The van der Waals surface area contributed by atoms with Crippen LogP contribution < -0.4 is 10.6 Å². The molecule has 1 aromatic carbocycles. The first kappa shape index (κ1) is 17.0. The summed E-state index contributed by atoms with van der Waals surface area (Å²) in [5, 5.41) is 13.9. The SMILES string of the molecule is CCOC(=O)CCNC(=O)Nc1c(Br)cccc1C(=O)O. The van der Waals surface area contributed by atoms with E-state index in [2.05, 4.69) is 26.6 Å². The van der Waals surface area contributed by atoms with Gasteiger partial charge in [0.2, 0.25) is 0 Å². The van der Waals surface area contributed by atoms with Gasteiger partial charge in [-0.25, -0.2) is 9.59 Å². The molecule has 2 amide bonds. The molecule has 0 aliphatic heterocycles. The zero-order valence-corrected chi connectivity index (χ0v) is 12.9. The Morgan fingerprint density at radius 3 is 2.67 bits per heavy atom. The molecule has 0 spiro atoms. The predicted octanol–water partition coefficient (Wildman–Crippen LogP) is 2.22. The minimum atomic E-state index is -1.15. The average molecular weight is 359 g/mol. The van der Waals surface area contributed by atoms with E-state index in [0.717, 1.165) is 0 Å². The summed E-state index contributed by atoms with van der Waals surface area (Å²) < 4.78 is 5.16. The van der Waals surface area contributed by atoms with Crippen LogP contribution in [0.25, 0.3) is 0 Å². The number of carbonyl (C=O) groups is 3. The van der Waals surface area contributed by atoms with Crippen molar-refractivity contribution < 1.29 is 24.2 Å². The third kappa shape index (κ3) is 5.42. The van der Waals surface area contributed by atoms with Crippen LogP contribution in [0.15, 0.2) is 22.7 Å². The first-order valence-electron chi connectivity index (χ1n) is 6.18. The number of hydrogen-bond acceptors (Lipinski definition) is 4. The molecule has 0 radical (unpaired) electrons. The van der Waals surface area contributed by atoms with Crippen LogP contribution in [0.1, 0.15) is 23.7 Å². The number of carboxylic acid groups (broad SMARTS) is 1. The Morgan fingerprint density at radius 1 is 1.33 bits per heavy atom. The Balaban J connectivity index is 2.59. The largest absolute Gasteiger partial charge is 0.478 e. The molecule has 0 saturated heterocycles. The lowest BCUT2D eigenvalue weighted by atomic mass is 10.2. The summed E-state index contributed by atoms with van der Waals surface area (Å²) in [6.07, 6.45) is 0.0446. The maximum Gasteiger partial charge on any atom is 0.337 e. The molecule has 0 saturated carbocycles. The number of esters is 1. The number of amides is 2. The van der Waals surface area contributed by atoms with E-state index in [9.17, 15) is 14.4 Å². The van der Waals surface area contributed by atoms with Gasteiger partial charge in [0, 0.05) is 11.0 Å². The average Bonchev–Trinajstić information content (AvgIpc) is 2.41. The smallest absolute Gasteiger partial charge is 0.337 e. The zero-order chi connectivity index (χ0) is 15.8. The summed E-state index contributed by atoms with van der Waals surface area (Å²) in [5.74, 6) is -1.57. The van der Waals surface area contributed by atoms with Crippen LogP contribution in [0, 0.1) is 0 Å². The van der Waals surface area contributed by atoms with Crippen LogP contribution in [0.2, 0.25) is 0 Å². The first-order chi connectivity index (χ1) is 9.95. The predicted molar refractivity (Wildman–Crippen MR) is 79.4 cm³/mol. The number of benzene rings is 1. The van der Waals surface area contributed by atoms with Gasteiger partial charge in [0.15, 0.2) is 0 Å². The van der Waals surface area contributed by atoms with Gasteiger partial charge in [-0.2, -0.15) is 0 Å². The molecule has 0 fully saturated rings. The molecular formula is C13H15BrN2O5. The standard InChI is InChI=1S/C13H15BrN2O5/c1-2-21-10(17)6-7-15-13(20)16-11-8(12(18)19)4-3-5-9(11)14/h3-5H,2,6-7H2,1H3,(H,18,19)(H2,15,16,20).